The van der Waals surface area contributed by atoms with Crippen molar-refractivity contribution in [3.63, 3.8) is 0 Å². The maximum absolute atomic E-state index is 12.6. The minimum absolute atomic E-state index is 0.143. The largest absolute Gasteiger partial charge is 0.465 e. The van der Waals surface area contributed by atoms with Crippen molar-refractivity contribution in [1.82, 2.24) is 4.98 Å². The number of benzene rings is 2. The Bertz CT molecular complexity index is 1170. The Morgan fingerprint density at radius 3 is 2.53 bits per heavy atom. The fourth-order valence-corrected chi connectivity index (χ4v) is 4.70. The number of methoxy groups -OCH3 is 1. The highest BCUT2D eigenvalue weighted by atomic mass is 32.1. The van der Waals surface area contributed by atoms with E-state index in [4.69, 9.17) is 9.72 Å². The summed E-state index contributed by atoms with van der Waals surface area (Å²) in [6.07, 6.45) is 0. The third-order valence-corrected chi connectivity index (χ3v) is 6.41. The predicted octanol–water partition coefficient (Wildman–Crippen LogP) is 4.55. The molecule has 0 unspecified atom stereocenters. The number of hydrogen-bond donors (Lipinski definition) is 1. The lowest BCUT2D eigenvalue weighted by molar-refractivity contribution is -0.702. The monoisotopic (exact) mass is 417 g/mol. The number of aryl methyl sites for hydroxylation is 2. The quantitative estimate of drug-likeness (QED) is 0.468. The van der Waals surface area contributed by atoms with Crippen molar-refractivity contribution in [2.24, 2.45) is 0 Å². The first-order chi connectivity index (χ1) is 14.6. The molecule has 2 aromatic heterocycles. The van der Waals surface area contributed by atoms with Gasteiger partial charge >= 0.3 is 5.97 Å². The van der Waals surface area contributed by atoms with Crippen molar-refractivity contribution < 1.29 is 14.8 Å². The van der Waals surface area contributed by atoms with Crippen LogP contribution in [0.4, 0.5) is 0 Å². The summed E-state index contributed by atoms with van der Waals surface area (Å²) in [6.45, 7) is 4.64. The fraction of sp³-hybridized carbons (Fsp3) is 0.200. The Morgan fingerprint density at radius 2 is 1.83 bits per heavy atom. The normalized spacial score (nSPS) is 12.1. The van der Waals surface area contributed by atoms with E-state index in [0.29, 0.717) is 12.1 Å². The molecule has 4 rings (SSSR count). The average molecular weight is 418 g/mol. The number of fused-ring (bicyclic) bond motifs is 1. The van der Waals surface area contributed by atoms with Crippen molar-refractivity contribution in [3.8, 4) is 0 Å². The maximum atomic E-state index is 12.6. The molecule has 0 radical (unpaired) electrons. The number of aromatic nitrogens is 1. The topological polar surface area (TPSA) is 55.8 Å². The van der Waals surface area contributed by atoms with Gasteiger partial charge in [-0.1, -0.05) is 54.1 Å². The molecular weight excluding hydrogens is 392 g/mol. The Hall–Kier alpha value is -3.02. The van der Waals surface area contributed by atoms with Crippen molar-refractivity contribution >= 4 is 28.2 Å². The molecule has 0 fully saturated rings. The number of ether oxygens (including phenoxy) is 1. The van der Waals surface area contributed by atoms with E-state index in [2.05, 4.69) is 54.0 Å². The van der Waals surface area contributed by atoms with E-state index >= 15 is 0 Å². The number of quaternary nitrogens is 1. The molecule has 0 saturated heterocycles. The molecule has 0 aliphatic carbocycles. The average Bonchev–Trinajstić information content (AvgIpc) is 3.29. The maximum Gasteiger partial charge on any atom is 0.340 e. The third-order valence-electron chi connectivity index (χ3n) is 5.45. The van der Waals surface area contributed by atoms with Gasteiger partial charge in [-0.05, 0) is 36.9 Å². The molecule has 4 aromatic rings. The highest BCUT2D eigenvalue weighted by molar-refractivity contribution is 7.10. The second-order valence-corrected chi connectivity index (χ2v) is 8.39. The van der Waals surface area contributed by atoms with Crippen LogP contribution in [0.3, 0.4) is 0 Å². The predicted molar refractivity (Wildman–Crippen MR) is 121 cm³/mol. The molecule has 2 aromatic carbocycles. The van der Waals surface area contributed by atoms with E-state index in [0.717, 1.165) is 22.2 Å². The van der Waals surface area contributed by atoms with Crippen molar-refractivity contribution in [1.29, 1.82) is 0 Å². The molecule has 0 spiro atoms. The van der Waals surface area contributed by atoms with Gasteiger partial charge in [-0.25, -0.2) is 9.78 Å². The highest BCUT2D eigenvalue weighted by Gasteiger charge is 2.24. The highest BCUT2D eigenvalue weighted by Crippen LogP contribution is 2.25. The number of carbonyl (C=O) groups excluding carboxylic acids is 1. The molecule has 1 atom stereocenters. The number of nitrogens with zero attached hydrogens (tertiary/aromatic N) is 1. The van der Waals surface area contributed by atoms with Crippen LogP contribution in [0.5, 0.6) is 0 Å². The van der Waals surface area contributed by atoms with E-state index in [1.54, 1.807) is 11.3 Å². The molecule has 5 heteroatoms. The van der Waals surface area contributed by atoms with Gasteiger partial charge in [0.15, 0.2) is 0 Å². The molecular formula is C25H25N2O2S+. The Labute approximate surface area is 180 Å². The molecule has 0 aliphatic heterocycles. The molecule has 0 aliphatic rings. The lowest BCUT2D eigenvalue weighted by Crippen LogP contribution is -2.84. The first kappa shape index (κ1) is 20.3. The zero-order valence-electron chi connectivity index (χ0n) is 17.4. The van der Waals surface area contributed by atoms with Crippen LogP contribution in [0.2, 0.25) is 0 Å². The van der Waals surface area contributed by atoms with Crippen molar-refractivity contribution in [2.75, 3.05) is 7.11 Å². The second-order valence-electron chi connectivity index (χ2n) is 7.41. The number of pyridine rings is 1. The van der Waals surface area contributed by atoms with Gasteiger partial charge in [0.05, 0.1) is 23.1 Å². The van der Waals surface area contributed by atoms with Gasteiger partial charge in [-0.15, -0.1) is 11.3 Å². The smallest absolute Gasteiger partial charge is 0.340 e. The van der Waals surface area contributed by atoms with Crippen LogP contribution in [-0.2, 0) is 11.3 Å². The van der Waals surface area contributed by atoms with Crippen LogP contribution in [0.1, 0.15) is 43.7 Å². The molecule has 0 amide bonds. The van der Waals surface area contributed by atoms with Gasteiger partial charge in [0.2, 0.25) is 0 Å². The SMILES string of the molecule is COC(=O)c1c(C[NH2+][C@H](c2ccc(C)cc2)c2cccs2)nc2ccccc2c1C. The number of para-hydroxylation sites is 1. The minimum Gasteiger partial charge on any atom is -0.465 e. The summed E-state index contributed by atoms with van der Waals surface area (Å²) in [5, 5.41) is 5.33. The van der Waals surface area contributed by atoms with Gasteiger partial charge in [-0.2, -0.15) is 0 Å². The lowest BCUT2D eigenvalue weighted by Gasteiger charge is -2.17. The molecule has 0 bridgehead atoms. The zero-order valence-corrected chi connectivity index (χ0v) is 18.2. The molecule has 4 nitrogen and oxygen atoms in total. The molecule has 152 valence electrons. The van der Waals surface area contributed by atoms with Crippen LogP contribution < -0.4 is 5.32 Å². The summed E-state index contributed by atoms with van der Waals surface area (Å²) in [7, 11) is 1.42. The third kappa shape index (κ3) is 3.99. The number of thiophene rings is 1. The van der Waals surface area contributed by atoms with Crippen molar-refractivity contribution in [3.05, 3.63) is 98.9 Å². The molecule has 2 heterocycles. The first-order valence-corrected chi connectivity index (χ1v) is 10.9. The van der Waals surface area contributed by atoms with Gasteiger partial charge in [0.25, 0.3) is 0 Å². The minimum atomic E-state index is -0.336. The Morgan fingerprint density at radius 1 is 1.07 bits per heavy atom. The van der Waals surface area contributed by atoms with Crippen molar-refractivity contribution in [2.45, 2.75) is 26.4 Å². The van der Waals surface area contributed by atoms with E-state index in [1.165, 1.54) is 23.1 Å². The Kier molecular flexibility index (Phi) is 5.93. The molecule has 30 heavy (non-hydrogen) atoms. The van der Waals surface area contributed by atoms with E-state index < -0.39 is 0 Å². The summed E-state index contributed by atoms with van der Waals surface area (Å²) in [6, 6.07) is 20.9. The number of rotatable bonds is 6. The zero-order chi connectivity index (χ0) is 21.1. The Balaban J connectivity index is 1.73. The lowest BCUT2D eigenvalue weighted by atomic mass is 10.00. The second kappa shape index (κ2) is 8.78. The van der Waals surface area contributed by atoms with Crippen LogP contribution in [0.25, 0.3) is 10.9 Å². The summed E-state index contributed by atoms with van der Waals surface area (Å²) >= 11 is 1.74. The van der Waals surface area contributed by atoms with E-state index in [1.807, 2.05) is 31.2 Å². The number of nitrogens with two attached hydrogens (primary N) is 1. The standard InChI is InChI=1S/C25H24N2O2S/c1-16-10-12-18(13-11-16)24(22-9-6-14-30-22)26-15-21-23(25(28)29-3)17(2)19-7-4-5-8-20(19)27-21/h4-14,24,26H,15H2,1-3H3/p+1/t24-/m1/s1. The molecule has 2 N–H and O–H groups in total. The van der Waals surface area contributed by atoms with Gasteiger partial charge < -0.3 is 10.1 Å². The molecule has 0 saturated carbocycles. The summed E-state index contributed by atoms with van der Waals surface area (Å²) in [5.41, 5.74) is 5.62. The van der Waals surface area contributed by atoms with Gasteiger partial charge in [0.1, 0.15) is 18.3 Å². The van der Waals surface area contributed by atoms with E-state index in [-0.39, 0.29) is 12.0 Å². The van der Waals surface area contributed by atoms with Crippen LogP contribution >= 0.6 is 11.3 Å². The summed E-state index contributed by atoms with van der Waals surface area (Å²) in [4.78, 5) is 18.7. The van der Waals surface area contributed by atoms with Crippen LogP contribution in [0.15, 0.2) is 66.0 Å². The summed E-state index contributed by atoms with van der Waals surface area (Å²) < 4.78 is 5.09. The van der Waals surface area contributed by atoms with Gasteiger partial charge in [-0.3, -0.25) is 0 Å². The number of carbonyl (C=O) groups is 1. The first-order valence-electron chi connectivity index (χ1n) is 9.98. The van der Waals surface area contributed by atoms with Crippen LogP contribution in [0, 0.1) is 13.8 Å². The van der Waals surface area contributed by atoms with Gasteiger partial charge in [0, 0.05) is 10.9 Å². The van der Waals surface area contributed by atoms with E-state index in [9.17, 15) is 4.79 Å². The number of hydrogen-bond acceptors (Lipinski definition) is 4. The summed E-state index contributed by atoms with van der Waals surface area (Å²) in [5.74, 6) is -0.336. The van der Waals surface area contributed by atoms with Crippen LogP contribution in [-0.4, -0.2) is 18.1 Å². The number of esters is 1. The fourth-order valence-electron chi connectivity index (χ4n) is 3.85.